The Labute approximate surface area is 149 Å². The fraction of sp³-hybridized carbons (Fsp3) is 0.556. The topological polar surface area (TPSA) is 68.1 Å². The Hall–Kier alpha value is -1.73. The molecule has 0 bridgehead atoms. The summed E-state index contributed by atoms with van der Waals surface area (Å²) >= 11 is 0. The normalized spacial score (nSPS) is 17.3. The summed E-state index contributed by atoms with van der Waals surface area (Å²) in [4.78, 5) is 0.390. The van der Waals surface area contributed by atoms with Crippen molar-refractivity contribution in [1.82, 2.24) is 19.1 Å². The van der Waals surface area contributed by atoms with Gasteiger partial charge in [0.1, 0.15) is 12.2 Å². The zero-order chi connectivity index (χ0) is 18.2. The van der Waals surface area contributed by atoms with Crippen molar-refractivity contribution in [1.29, 1.82) is 0 Å². The van der Waals surface area contributed by atoms with Crippen LogP contribution < -0.4 is 0 Å². The van der Waals surface area contributed by atoms with Crippen LogP contribution >= 0.6 is 0 Å². The lowest BCUT2D eigenvalue weighted by atomic mass is 10.1. The molecular weight excluding hydrogens is 336 g/mol. The van der Waals surface area contributed by atoms with E-state index >= 15 is 0 Å². The Morgan fingerprint density at radius 1 is 1.12 bits per heavy atom. The maximum Gasteiger partial charge on any atom is 0.243 e. The van der Waals surface area contributed by atoms with Crippen LogP contribution in [0.1, 0.15) is 55.6 Å². The first-order chi connectivity index (χ1) is 11.8. The Kier molecular flexibility index (Phi) is 4.97. The molecule has 6 nitrogen and oxygen atoms in total. The number of piperidine rings is 1. The SMILES string of the molecule is Cc1ccc(S(=O)(=O)N2CCC(n3cnnc3C(C)C)CC2)cc1C. The monoisotopic (exact) mass is 362 g/mol. The van der Waals surface area contributed by atoms with E-state index in [1.807, 2.05) is 19.9 Å². The summed E-state index contributed by atoms with van der Waals surface area (Å²) in [6, 6.07) is 5.62. The third-order valence-corrected chi connectivity index (χ3v) is 6.94. The minimum absolute atomic E-state index is 0.263. The van der Waals surface area contributed by atoms with Crippen molar-refractivity contribution in [2.45, 2.75) is 57.4 Å². The van der Waals surface area contributed by atoms with Crippen LogP contribution in [0.25, 0.3) is 0 Å². The van der Waals surface area contributed by atoms with Gasteiger partial charge in [0, 0.05) is 25.0 Å². The second kappa shape index (κ2) is 6.88. The van der Waals surface area contributed by atoms with Crippen molar-refractivity contribution < 1.29 is 8.42 Å². The summed E-state index contributed by atoms with van der Waals surface area (Å²) in [5.74, 6) is 1.27. The average Bonchev–Trinajstić information content (AvgIpc) is 3.07. The predicted molar refractivity (Wildman–Crippen MR) is 97.1 cm³/mol. The van der Waals surface area contributed by atoms with E-state index in [1.165, 1.54) is 0 Å². The third-order valence-electron chi connectivity index (χ3n) is 5.05. The molecule has 0 amide bonds. The van der Waals surface area contributed by atoms with Gasteiger partial charge in [0.25, 0.3) is 0 Å². The number of aromatic nitrogens is 3. The molecule has 0 aliphatic carbocycles. The Balaban J connectivity index is 1.75. The number of sulfonamides is 1. The highest BCUT2D eigenvalue weighted by atomic mass is 32.2. The van der Waals surface area contributed by atoms with Crippen LogP contribution in [0.5, 0.6) is 0 Å². The van der Waals surface area contributed by atoms with Crippen LogP contribution in [0.4, 0.5) is 0 Å². The largest absolute Gasteiger partial charge is 0.314 e. The molecule has 3 rings (SSSR count). The van der Waals surface area contributed by atoms with Gasteiger partial charge in [-0.25, -0.2) is 8.42 Å². The first kappa shape index (κ1) is 18.1. The van der Waals surface area contributed by atoms with E-state index in [0.29, 0.717) is 23.9 Å². The van der Waals surface area contributed by atoms with Crippen molar-refractivity contribution in [3.63, 3.8) is 0 Å². The van der Waals surface area contributed by atoms with Crippen molar-refractivity contribution >= 4 is 10.0 Å². The zero-order valence-electron chi connectivity index (χ0n) is 15.3. The second-order valence-electron chi connectivity index (χ2n) is 7.13. The fourth-order valence-corrected chi connectivity index (χ4v) is 4.89. The van der Waals surface area contributed by atoms with Crippen LogP contribution in [-0.4, -0.2) is 40.6 Å². The average molecular weight is 362 g/mol. The molecule has 0 unspecified atom stereocenters. The third kappa shape index (κ3) is 3.48. The van der Waals surface area contributed by atoms with Gasteiger partial charge in [-0.05, 0) is 49.9 Å². The molecule has 1 saturated heterocycles. The molecule has 1 aromatic carbocycles. The standard InChI is InChI=1S/C18H26N4O2S/c1-13(2)18-20-19-12-22(18)16-7-9-21(10-8-16)25(23,24)17-6-5-14(3)15(4)11-17/h5-6,11-13,16H,7-10H2,1-4H3. The summed E-state index contributed by atoms with van der Waals surface area (Å²) in [5.41, 5.74) is 2.11. The molecule has 1 fully saturated rings. The van der Waals surface area contributed by atoms with Gasteiger partial charge >= 0.3 is 0 Å². The van der Waals surface area contributed by atoms with Gasteiger partial charge in [0.15, 0.2) is 0 Å². The molecule has 136 valence electrons. The summed E-state index contributed by atoms with van der Waals surface area (Å²) in [5, 5.41) is 8.24. The summed E-state index contributed by atoms with van der Waals surface area (Å²) in [7, 11) is -3.43. The van der Waals surface area contributed by atoms with Gasteiger partial charge < -0.3 is 4.57 Å². The molecule has 7 heteroatoms. The van der Waals surface area contributed by atoms with E-state index < -0.39 is 10.0 Å². The number of nitrogens with zero attached hydrogens (tertiary/aromatic N) is 4. The Morgan fingerprint density at radius 2 is 1.80 bits per heavy atom. The lowest BCUT2D eigenvalue weighted by Crippen LogP contribution is -2.39. The van der Waals surface area contributed by atoms with Crippen LogP contribution in [0.15, 0.2) is 29.4 Å². The minimum atomic E-state index is -3.43. The highest BCUT2D eigenvalue weighted by molar-refractivity contribution is 7.89. The molecule has 0 N–H and O–H groups in total. The van der Waals surface area contributed by atoms with Gasteiger partial charge in [0.05, 0.1) is 4.90 Å². The molecule has 0 atom stereocenters. The first-order valence-corrected chi connectivity index (χ1v) is 10.2. The van der Waals surface area contributed by atoms with E-state index in [0.717, 1.165) is 29.8 Å². The fourth-order valence-electron chi connectivity index (χ4n) is 3.33. The smallest absolute Gasteiger partial charge is 0.243 e. The van der Waals surface area contributed by atoms with E-state index in [4.69, 9.17) is 0 Å². The van der Waals surface area contributed by atoms with E-state index in [1.54, 1.807) is 22.8 Å². The minimum Gasteiger partial charge on any atom is -0.314 e. The number of benzene rings is 1. The van der Waals surface area contributed by atoms with Crippen molar-refractivity contribution in [2.24, 2.45) is 0 Å². The number of aryl methyl sites for hydroxylation is 2. The summed E-state index contributed by atoms with van der Waals surface area (Å²) in [6.45, 7) is 9.17. The summed E-state index contributed by atoms with van der Waals surface area (Å²) in [6.07, 6.45) is 3.33. The molecule has 0 spiro atoms. The summed E-state index contributed by atoms with van der Waals surface area (Å²) < 4.78 is 29.5. The number of hydrogen-bond acceptors (Lipinski definition) is 4. The molecular formula is C18H26N4O2S. The maximum atomic E-state index is 12.9. The van der Waals surface area contributed by atoms with Gasteiger partial charge in [-0.15, -0.1) is 10.2 Å². The van der Waals surface area contributed by atoms with Gasteiger partial charge in [-0.2, -0.15) is 4.31 Å². The van der Waals surface area contributed by atoms with Crippen LogP contribution in [0.3, 0.4) is 0 Å². The van der Waals surface area contributed by atoms with Crippen LogP contribution in [0, 0.1) is 13.8 Å². The van der Waals surface area contributed by atoms with E-state index in [-0.39, 0.29) is 6.04 Å². The molecule has 2 heterocycles. The highest BCUT2D eigenvalue weighted by Gasteiger charge is 2.31. The quantitative estimate of drug-likeness (QED) is 0.838. The lowest BCUT2D eigenvalue weighted by Gasteiger charge is -2.32. The lowest BCUT2D eigenvalue weighted by molar-refractivity contribution is 0.269. The number of hydrogen-bond donors (Lipinski definition) is 0. The Morgan fingerprint density at radius 3 is 2.40 bits per heavy atom. The van der Waals surface area contributed by atoms with Crippen molar-refractivity contribution in [3.05, 3.63) is 41.5 Å². The van der Waals surface area contributed by atoms with E-state index in [9.17, 15) is 8.42 Å². The predicted octanol–water partition coefficient (Wildman–Crippen LogP) is 3.04. The molecule has 1 aliphatic rings. The molecule has 1 aromatic heterocycles. The molecule has 1 aliphatic heterocycles. The van der Waals surface area contributed by atoms with Crippen molar-refractivity contribution in [2.75, 3.05) is 13.1 Å². The van der Waals surface area contributed by atoms with Gasteiger partial charge in [0.2, 0.25) is 10.0 Å². The van der Waals surface area contributed by atoms with Gasteiger partial charge in [-0.3, -0.25) is 0 Å². The zero-order valence-corrected chi connectivity index (χ0v) is 16.1. The maximum absolute atomic E-state index is 12.9. The molecule has 0 radical (unpaired) electrons. The Bertz CT molecular complexity index is 850. The van der Waals surface area contributed by atoms with Crippen molar-refractivity contribution in [3.8, 4) is 0 Å². The van der Waals surface area contributed by atoms with E-state index in [2.05, 4.69) is 28.6 Å². The van der Waals surface area contributed by atoms with Gasteiger partial charge in [-0.1, -0.05) is 19.9 Å². The number of rotatable bonds is 4. The molecule has 0 saturated carbocycles. The molecule has 2 aromatic rings. The first-order valence-electron chi connectivity index (χ1n) is 8.77. The second-order valence-corrected chi connectivity index (χ2v) is 9.07. The highest BCUT2D eigenvalue weighted by Crippen LogP contribution is 2.29. The molecule has 25 heavy (non-hydrogen) atoms. The van der Waals surface area contributed by atoms with Crippen LogP contribution in [-0.2, 0) is 10.0 Å². The van der Waals surface area contributed by atoms with Crippen LogP contribution in [0.2, 0.25) is 0 Å².